The quantitative estimate of drug-likeness (QED) is 0.220. The molecule has 0 unspecified atom stereocenters. The first-order chi connectivity index (χ1) is 14.6. The van der Waals surface area contributed by atoms with Crippen LogP contribution in [0.5, 0.6) is 0 Å². The van der Waals surface area contributed by atoms with Crippen molar-refractivity contribution in [3.63, 3.8) is 0 Å². The fourth-order valence-electron chi connectivity index (χ4n) is 1.67. The highest BCUT2D eigenvalue weighted by atomic mass is 16.5. The van der Waals surface area contributed by atoms with Gasteiger partial charge < -0.3 is 25.2 Å². The van der Waals surface area contributed by atoms with E-state index in [1.807, 2.05) is 27.7 Å². The number of aliphatic hydroxyl groups excluding tert-OH is 1. The molecule has 0 aliphatic heterocycles. The van der Waals surface area contributed by atoms with Gasteiger partial charge in [-0.2, -0.15) is 0 Å². The number of hydrogen-bond acceptors (Lipinski definition) is 6. The van der Waals surface area contributed by atoms with E-state index in [4.69, 9.17) is 25.2 Å². The van der Waals surface area contributed by atoms with Crippen LogP contribution in [-0.4, -0.2) is 57.5 Å². The van der Waals surface area contributed by atoms with E-state index in [0.29, 0.717) is 32.3 Å². The highest BCUT2D eigenvalue weighted by Gasteiger charge is 1.99. The Bertz CT molecular complexity index is 385. The molecule has 0 aromatic rings. The van der Waals surface area contributed by atoms with Crippen molar-refractivity contribution in [3.8, 4) is 0 Å². The molecule has 0 spiro atoms. The molecule has 0 saturated heterocycles. The smallest absolute Gasteiger partial charge is 0.305 e. The van der Waals surface area contributed by atoms with Crippen LogP contribution in [0.1, 0.15) is 105 Å². The van der Waals surface area contributed by atoms with Crippen molar-refractivity contribution in [2.24, 2.45) is 0 Å². The Morgan fingerprint density at radius 1 is 0.581 bits per heavy atom. The molecule has 0 amide bonds. The first kappa shape index (κ1) is 36.2. The van der Waals surface area contributed by atoms with Crippen molar-refractivity contribution in [2.75, 3.05) is 13.2 Å². The number of aliphatic hydroxyl groups is 1. The van der Waals surface area contributed by atoms with Gasteiger partial charge in [-0.05, 0) is 44.9 Å². The summed E-state index contributed by atoms with van der Waals surface area (Å²) in [6, 6.07) is 0. The van der Waals surface area contributed by atoms with Crippen LogP contribution in [0.25, 0.3) is 0 Å². The van der Waals surface area contributed by atoms with Crippen LogP contribution in [0.15, 0.2) is 0 Å². The lowest BCUT2D eigenvalue weighted by molar-refractivity contribution is -0.144. The molecule has 0 heterocycles. The van der Waals surface area contributed by atoms with Crippen molar-refractivity contribution in [3.05, 3.63) is 0 Å². The summed E-state index contributed by atoms with van der Waals surface area (Å²) < 4.78 is 4.96. The van der Waals surface area contributed by atoms with Crippen LogP contribution in [0.2, 0.25) is 0 Å². The molecule has 9 nitrogen and oxygen atoms in total. The fraction of sp³-hybridized carbons (Fsp3) is 0.818. The summed E-state index contributed by atoms with van der Waals surface area (Å²) in [4.78, 5) is 39.7. The summed E-state index contributed by atoms with van der Waals surface area (Å²) in [7, 11) is 0. The molecule has 0 aliphatic rings. The van der Waals surface area contributed by atoms with Gasteiger partial charge in [0, 0.05) is 32.3 Å². The number of ether oxygens (including phenoxy) is 1. The van der Waals surface area contributed by atoms with Gasteiger partial charge in [-0.25, -0.2) is 0 Å². The van der Waals surface area contributed by atoms with Crippen LogP contribution in [-0.2, 0) is 23.9 Å². The molecule has 4 N–H and O–H groups in total. The molecule has 0 rings (SSSR count). The molecule has 0 bridgehead atoms. The van der Waals surface area contributed by atoms with E-state index < -0.39 is 17.9 Å². The number of carbonyl (C=O) groups excluding carboxylic acids is 1. The van der Waals surface area contributed by atoms with Crippen molar-refractivity contribution < 1.29 is 44.3 Å². The number of carboxylic acids is 3. The maximum Gasteiger partial charge on any atom is 0.305 e. The summed E-state index contributed by atoms with van der Waals surface area (Å²) in [5.41, 5.74) is 0. The second-order valence-electron chi connectivity index (χ2n) is 6.54. The van der Waals surface area contributed by atoms with Gasteiger partial charge in [-0.1, -0.05) is 34.1 Å². The Morgan fingerprint density at radius 3 is 1.19 bits per heavy atom. The maximum atomic E-state index is 10.9. The Labute approximate surface area is 186 Å². The van der Waals surface area contributed by atoms with E-state index in [-0.39, 0.29) is 12.6 Å². The summed E-state index contributed by atoms with van der Waals surface area (Å²) in [5, 5.41) is 32.2. The summed E-state index contributed by atoms with van der Waals surface area (Å²) in [5.74, 6) is -2.22. The second kappa shape index (κ2) is 32.5. The molecule has 0 atom stereocenters. The van der Waals surface area contributed by atoms with Crippen LogP contribution in [0, 0.1) is 0 Å². The average molecular weight is 453 g/mol. The predicted molar refractivity (Wildman–Crippen MR) is 119 cm³/mol. The highest BCUT2D eigenvalue weighted by Crippen LogP contribution is 2.00. The van der Waals surface area contributed by atoms with E-state index in [1.165, 1.54) is 0 Å². The lowest BCUT2D eigenvalue weighted by atomic mass is 10.2. The number of esters is 1. The molecule has 0 aliphatic carbocycles. The Kier molecular flexibility index (Phi) is 38.0. The monoisotopic (exact) mass is 452 g/mol. The molecule has 0 aromatic heterocycles. The Balaban J connectivity index is -0.000000171. The molecule has 0 aromatic carbocycles. The highest BCUT2D eigenvalue weighted by molar-refractivity contribution is 5.69. The third-order valence-electron chi connectivity index (χ3n) is 3.16. The number of hydrogen-bond donors (Lipinski definition) is 4. The fourth-order valence-corrected chi connectivity index (χ4v) is 1.67. The molecule has 0 saturated carbocycles. The summed E-state index contributed by atoms with van der Waals surface area (Å²) >= 11 is 0. The molecule has 186 valence electrons. The van der Waals surface area contributed by atoms with E-state index in [1.54, 1.807) is 0 Å². The average Bonchev–Trinajstić information content (AvgIpc) is 2.66. The first-order valence-electron chi connectivity index (χ1n) is 11.0. The van der Waals surface area contributed by atoms with Gasteiger partial charge in [-0.15, -0.1) is 0 Å². The number of carbonyl (C=O) groups is 4. The van der Waals surface area contributed by atoms with E-state index >= 15 is 0 Å². The zero-order valence-corrected chi connectivity index (χ0v) is 19.7. The third kappa shape index (κ3) is 58.4. The Morgan fingerprint density at radius 2 is 0.935 bits per heavy atom. The van der Waals surface area contributed by atoms with Gasteiger partial charge in [0.25, 0.3) is 0 Å². The van der Waals surface area contributed by atoms with Crippen LogP contribution < -0.4 is 0 Å². The van der Waals surface area contributed by atoms with E-state index in [2.05, 4.69) is 0 Å². The minimum Gasteiger partial charge on any atom is -0.481 e. The van der Waals surface area contributed by atoms with Gasteiger partial charge in [0.15, 0.2) is 0 Å². The molecular weight excluding hydrogens is 408 g/mol. The topological polar surface area (TPSA) is 158 Å². The summed E-state index contributed by atoms with van der Waals surface area (Å²) in [6.07, 6.45) is 8.25. The zero-order valence-electron chi connectivity index (χ0n) is 19.7. The minimum atomic E-state index is -0.711. The Hall–Kier alpha value is -2.16. The zero-order chi connectivity index (χ0) is 24.9. The first-order valence-corrected chi connectivity index (χ1v) is 11.0. The summed E-state index contributed by atoms with van der Waals surface area (Å²) in [6.45, 7) is 8.28. The lowest BCUT2D eigenvalue weighted by Crippen LogP contribution is -2.04. The minimum absolute atomic E-state index is 0.0929. The van der Waals surface area contributed by atoms with Crippen molar-refractivity contribution in [1.29, 1.82) is 0 Å². The van der Waals surface area contributed by atoms with Crippen molar-refractivity contribution in [1.82, 2.24) is 0 Å². The lowest BCUT2D eigenvalue weighted by Gasteiger charge is -2.02. The molecule has 0 fully saturated rings. The van der Waals surface area contributed by atoms with Crippen molar-refractivity contribution in [2.45, 2.75) is 105 Å². The number of unbranched alkanes of at least 4 members (excludes halogenated alkanes) is 3. The van der Waals surface area contributed by atoms with Gasteiger partial charge in [0.2, 0.25) is 0 Å². The van der Waals surface area contributed by atoms with E-state index in [0.717, 1.165) is 51.4 Å². The number of rotatable bonds is 14. The number of aliphatic carboxylic acids is 3. The van der Waals surface area contributed by atoms with Gasteiger partial charge in [0.05, 0.1) is 6.61 Å². The third-order valence-corrected chi connectivity index (χ3v) is 3.16. The van der Waals surface area contributed by atoms with Crippen LogP contribution >= 0.6 is 0 Å². The normalized spacial score (nSPS) is 8.94. The van der Waals surface area contributed by atoms with Crippen LogP contribution in [0.3, 0.4) is 0 Å². The molecule has 9 heteroatoms. The molecule has 31 heavy (non-hydrogen) atoms. The van der Waals surface area contributed by atoms with Crippen LogP contribution in [0.4, 0.5) is 0 Å². The largest absolute Gasteiger partial charge is 0.481 e. The predicted octanol–water partition coefficient (Wildman–Crippen LogP) is 4.50. The van der Waals surface area contributed by atoms with E-state index in [9.17, 15) is 19.2 Å². The molecule has 0 radical (unpaired) electrons. The standard InChI is InChI=1S/C10H20O3.3C4H8O2/c1-2-7-10(12)13-9-6-4-3-5-8-11;3*1-2-3-4(5)6/h11H,2-9H2,1H3;3*2-3H2,1H3,(H,5,6). The SMILES string of the molecule is CCCC(=O)O.CCCC(=O)O.CCCC(=O)O.CCCC(=O)OCCCCCCO. The van der Waals surface area contributed by atoms with Gasteiger partial charge >= 0.3 is 23.9 Å². The second-order valence-corrected chi connectivity index (χ2v) is 6.54. The molecular formula is C22H44O9. The van der Waals surface area contributed by atoms with Gasteiger partial charge in [-0.3, -0.25) is 19.2 Å². The number of carboxylic acid groups (broad SMARTS) is 3. The maximum absolute atomic E-state index is 10.9. The van der Waals surface area contributed by atoms with Gasteiger partial charge in [0.1, 0.15) is 0 Å². The van der Waals surface area contributed by atoms with Crippen molar-refractivity contribution >= 4 is 23.9 Å².